The number of aromatic amines is 1. The van der Waals surface area contributed by atoms with Gasteiger partial charge in [-0.15, -0.1) is 0 Å². The summed E-state index contributed by atoms with van der Waals surface area (Å²) in [5, 5.41) is 0. The van der Waals surface area contributed by atoms with Crippen molar-refractivity contribution in [2.45, 2.75) is 6.92 Å². The second-order valence-electron chi connectivity index (χ2n) is 2.83. The molecule has 1 N–H and O–H groups in total. The van der Waals surface area contributed by atoms with Crippen molar-refractivity contribution < 1.29 is 9.13 Å². The van der Waals surface area contributed by atoms with Gasteiger partial charge < -0.3 is 9.72 Å². The van der Waals surface area contributed by atoms with Crippen LogP contribution in [0.1, 0.15) is 5.82 Å². The summed E-state index contributed by atoms with van der Waals surface area (Å²) in [5.41, 5.74) is 1.33. The number of aromatic nitrogens is 2. The first kappa shape index (κ1) is 8.04. The molecular weight excluding hydrogens is 171 g/mol. The van der Waals surface area contributed by atoms with E-state index in [4.69, 9.17) is 4.74 Å². The van der Waals surface area contributed by atoms with E-state index in [1.807, 2.05) is 6.92 Å². The molecule has 13 heavy (non-hydrogen) atoms. The molecule has 0 amide bonds. The van der Waals surface area contributed by atoms with Gasteiger partial charge in [0.2, 0.25) is 0 Å². The largest absolute Gasteiger partial charge is 0.494 e. The molecule has 68 valence electrons. The fourth-order valence-corrected chi connectivity index (χ4v) is 1.33. The average Bonchev–Trinajstić information content (AvgIpc) is 2.43. The zero-order valence-electron chi connectivity index (χ0n) is 7.39. The predicted octanol–water partition coefficient (Wildman–Crippen LogP) is 2.02. The number of nitrogens with zero attached hydrogens (tertiary/aromatic N) is 1. The molecule has 1 heterocycles. The van der Waals surface area contributed by atoms with Crippen LogP contribution in [0.15, 0.2) is 12.1 Å². The van der Waals surface area contributed by atoms with Crippen LogP contribution in [-0.2, 0) is 0 Å². The standard InChI is InChI=1S/C9H9FN2O/c1-5-11-7-3-6(10)4-8(13-2)9(7)12-5/h3-4H,1-2H3,(H,11,12). The summed E-state index contributed by atoms with van der Waals surface area (Å²) in [6.45, 7) is 1.82. The Balaban J connectivity index is 2.80. The minimum absolute atomic E-state index is 0.326. The number of aryl methyl sites for hydroxylation is 1. The van der Waals surface area contributed by atoms with Crippen molar-refractivity contribution in [2.24, 2.45) is 0 Å². The molecule has 0 unspecified atom stereocenters. The van der Waals surface area contributed by atoms with Gasteiger partial charge in [0.25, 0.3) is 0 Å². The predicted molar refractivity (Wildman–Crippen MR) is 47.3 cm³/mol. The Bertz CT molecular complexity index is 450. The molecule has 0 atom stereocenters. The SMILES string of the molecule is COc1cc(F)cc2[nH]c(C)nc12. The van der Waals surface area contributed by atoms with Crippen LogP contribution in [0, 0.1) is 12.7 Å². The second kappa shape index (κ2) is 2.73. The third-order valence-corrected chi connectivity index (χ3v) is 1.85. The van der Waals surface area contributed by atoms with E-state index in [0.29, 0.717) is 16.8 Å². The van der Waals surface area contributed by atoms with E-state index in [9.17, 15) is 4.39 Å². The van der Waals surface area contributed by atoms with Gasteiger partial charge in [-0.3, -0.25) is 0 Å². The first-order chi connectivity index (χ1) is 6.20. The van der Waals surface area contributed by atoms with Crippen LogP contribution in [0.25, 0.3) is 11.0 Å². The summed E-state index contributed by atoms with van der Waals surface area (Å²) in [5.74, 6) is 0.881. The second-order valence-corrected chi connectivity index (χ2v) is 2.83. The van der Waals surface area contributed by atoms with Crippen LogP contribution in [0.4, 0.5) is 4.39 Å². The number of imidazole rings is 1. The van der Waals surface area contributed by atoms with E-state index >= 15 is 0 Å². The van der Waals surface area contributed by atoms with E-state index in [1.54, 1.807) is 0 Å². The molecule has 0 aliphatic carbocycles. The molecule has 0 radical (unpaired) electrons. The van der Waals surface area contributed by atoms with Gasteiger partial charge in [0.1, 0.15) is 22.9 Å². The Morgan fingerprint density at radius 3 is 2.92 bits per heavy atom. The number of hydrogen-bond donors (Lipinski definition) is 1. The maximum atomic E-state index is 13.0. The van der Waals surface area contributed by atoms with Gasteiger partial charge in [-0.1, -0.05) is 0 Å². The molecule has 3 nitrogen and oxygen atoms in total. The number of ether oxygens (including phenoxy) is 1. The molecule has 0 aliphatic heterocycles. The Morgan fingerprint density at radius 1 is 1.46 bits per heavy atom. The third-order valence-electron chi connectivity index (χ3n) is 1.85. The Kier molecular flexibility index (Phi) is 1.69. The number of methoxy groups -OCH3 is 1. The van der Waals surface area contributed by atoms with E-state index < -0.39 is 0 Å². The van der Waals surface area contributed by atoms with Crippen LogP contribution in [0.2, 0.25) is 0 Å². The maximum absolute atomic E-state index is 13.0. The minimum Gasteiger partial charge on any atom is -0.494 e. The number of benzene rings is 1. The molecule has 1 aromatic heterocycles. The number of fused-ring (bicyclic) bond motifs is 1. The third kappa shape index (κ3) is 1.24. The highest BCUT2D eigenvalue weighted by atomic mass is 19.1. The van der Waals surface area contributed by atoms with E-state index in [2.05, 4.69) is 9.97 Å². The lowest BCUT2D eigenvalue weighted by Gasteiger charge is -1.99. The van der Waals surface area contributed by atoms with Gasteiger partial charge in [-0.05, 0) is 13.0 Å². The van der Waals surface area contributed by atoms with Crippen molar-refractivity contribution in [3.8, 4) is 5.75 Å². The van der Waals surface area contributed by atoms with Crippen molar-refractivity contribution in [3.05, 3.63) is 23.8 Å². The van der Waals surface area contributed by atoms with Crippen molar-refractivity contribution in [3.63, 3.8) is 0 Å². The number of hydrogen-bond acceptors (Lipinski definition) is 2. The molecule has 1 aromatic carbocycles. The zero-order valence-corrected chi connectivity index (χ0v) is 7.39. The minimum atomic E-state index is -0.326. The maximum Gasteiger partial charge on any atom is 0.149 e. The summed E-state index contributed by atoms with van der Waals surface area (Å²) < 4.78 is 18.0. The topological polar surface area (TPSA) is 37.9 Å². The van der Waals surface area contributed by atoms with E-state index in [-0.39, 0.29) is 5.82 Å². The smallest absolute Gasteiger partial charge is 0.149 e. The molecule has 2 aromatic rings. The number of halogens is 1. The molecule has 0 saturated carbocycles. The number of rotatable bonds is 1. The van der Waals surface area contributed by atoms with Crippen LogP contribution in [0.5, 0.6) is 5.75 Å². The fourth-order valence-electron chi connectivity index (χ4n) is 1.33. The zero-order chi connectivity index (χ0) is 9.42. The average molecular weight is 180 g/mol. The van der Waals surface area contributed by atoms with Gasteiger partial charge in [-0.2, -0.15) is 0 Å². The van der Waals surface area contributed by atoms with Crippen LogP contribution >= 0.6 is 0 Å². The van der Waals surface area contributed by atoms with Crippen molar-refractivity contribution in [1.82, 2.24) is 9.97 Å². The molecule has 0 bridgehead atoms. The quantitative estimate of drug-likeness (QED) is 0.729. The summed E-state index contributed by atoms with van der Waals surface area (Å²) in [6, 6.07) is 2.72. The summed E-state index contributed by atoms with van der Waals surface area (Å²) in [7, 11) is 1.50. The number of nitrogens with one attached hydrogen (secondary N) is 1. The molecule has 0 saturated heterocycles. The monoisotopic (exact) mass is 180 g/mol. The van der Waals surface area contributed by atoms with Crippen molar-refractivity contribution >= 4 is 11.0 Å². The summed E-state index contributed by atoms with van der Waals surface area (Å²) >= 11 is 0. The highest BCUT2D eigenvalue weighted by molar-refractivity contribution is 5.81. The summed E-state index contributed by atoms with van der Waals surface area (Å²) in [6.07, 6.45) is 0. The molecule has 2 rings (SSSR count). The lowest BCUT2D eigenvalue weighted by molar-refractivity contribution is 0.415. The summed E-state index contributed by atoms with van der Waals surface area (Å²) in [4.78, 5) is 7.12. The molecule has 4 heteroatoms. The first-order valence-electron chi connectivity index (χ1n) is 3.90. The normalized spacial score (nSPS) is 10.7. The molecule has 0 aliphatic rings. The van der Waals surface area contributed by atoms with E-state index in [1.165, 1.54) is 19.2 Å². The fraction of sp³-hybridized carbons (Fsp3) is 0.222. The highest BCUT2D eigenvalue weighted by Gasteiger charge is 2.07. The van der Waals surface area contributed by atoms with Gasteiger partial charge in [-0.25, -0.2) is 9.37 Å². The first-order valence-corrected chi connectivity index (χ1v) is 3.90. The van der Waals surface area contributed by atoms with Gasteiger partial charge in [0, 0.05) is 6.07 Å². The van der Waals surface area contributed by atoms with Gasteiger partial charge in [0.15, 0.2) is 0 Å². The van der Waals surface area contributed by atoms with Crippen molar-refractivity contribution in [1.29, 1.82) is 0 Å². The Hall–Kier alpha value is -1.58. The van der Waals surface area contributed by atoms with E-state index in [0.717, 1.165) is 5.82 Å². The Morgan fingerprint density at radius 2 is 2.23 bits per heavy atom. The number of H-pyrrole nitrogens is 1. The molecule has 0 fully saturated rings. The van der Waals surface area contributed by atoms with Gasteiger partial charge >= 0.3 is 0 Å². The lowest BCUT2D eigenvalue weighted by atomic mass is 10.3. The Labute approximate surface area is 74.6 Å². The van der Waals surface area contributed by atoms with Crippen molar-refractivity contribution in [2.75, 3.05) is 7.11 Å². The van der Waals surface area contributed by atoms with Gasteiger partial charge in [0.05, 0.1) is 12.6 Å². The van der Waals surface area contributed by atoms with Crippen LogP contribution < -0.4 is 4.74 Å². The molecular formula is C9H9FN2O. The lowest BCUT2D eigenvalue weighted by Crippen LogP contribution is -1.86. The molecule has 0 spiro atoms. The highest BCUT2D eigenvalue weighted by Crippen LogP contribution is 2.24. The van der Waals surface area contributed by atoms with Crippen LogP contribution in [-0.4, -0.2) is 17.1 Å². The van der Waals surface area contributed by atoms with Crippen LogP contribution in [0.3, 0.4) is 0 Å².